The summed E-state index contributed by atoms with van der Waals surface area (Å²) in [5.41, 5.74) is 0.907. The number of thiophene rings is 1. The molecule has 0 saturated carbocycles. The van der Waals surface area contributed by atoms with Crippen LogP contribution in [0.4, 0.5) is 0 Å². The van der Waals surface area contributed by atoms with E-state index in [1.54, 1.807) is 12.2 Å². The molecule has 1 heterocycles. The number of benzene rings is 1. The van der Waals surface area contributed by atoms with Crippen molar-refractivity contribution in [2.24, 2.45) is 0 Å². The third-order valence-corrected chi connectivity index (χ3v) is 3.71. The number of rotatable bonds is 7. The molecule has 0 spiro atoms. The Morgan fingerprint density at radius 2 is 2.09 bits per heavy atom. The van der Waals surface area contributed by atoms with Crippen LogP contribution in [0.3, 0.4) is 0 Å². The number of ketones is 1. The first kappa shape index (κ1) is 16.3. The molecule has 0 N–H and O–H groups in total. The van der Waals surface area contributed by atoms with E-state index in [0.29, 0.717) is 12.4 Å². The topological polar surface area (TPSA) is 35.5 Å². The fourth-order valence-corrected chi connectivity index (χ4v) is 2.57. The minimum Gasteiger partial charge on any atom is -0.490 e. The van der Waals surface area contributed by atoms with Gasteiger partial charge in [-0.05, 0) is 56.0 Å². The normalized spacial score (nSPS) is 11.1. The van der Waals surface area contributed by atoms with E-state index >= 15 is 0 Å². The highest BCUT2D eigenvalue weighted by Gasteiger charge is 2.08. The fraction of sp³-hybridized carbons (Fsp3) is 0.278. The number of hydrogen-bond acceptors (Lipinski definition) is 4. The van der Waals surface area contributed by atoms with Crippen LogP contribution < -0.4 is 9.47 Å². The summed E-state index contributed by atoms with van der Waals surface area (Å²) in [4.78, 5) is 12.7. The Hall–Kier alpha value is -2.07. The van der Waals surface area contributed by atoms with Gasteiger partial charge in [-0.25, -0.2) is 0 Å². The quantitative estimate of drug-likeness (QED) is 0.542. The minimum atomic E-state index is 0.00969. The number of allylic oxidation sites excluding steroid dienone is 1. The van der Waals surface area contributed by atoms with Gasteiger partial charge in [0.1, 0.15) is 0 Å². The van der Waals surface area contributed by atoms with E-state index in [0.717, 1.165) is 16.2 Å². The van der Waals surface area contributed by atoms with E-state index in [-0.39, 0.29) is 11.9 Å². The summed E-state index contributed by atoms with van der Waals surface area (Å²) in [6.07, 6.45) is 3.46. The van der Waals surface area contributed by atoms with Crippen molar-refractivity contribution >= 4 is 23.2 Å². The summed E-state index contributed by atoms with van der Waals surface area (Å²) in [6, 6.07) is 9.37. The van der Waals surface area contributed by atoms with Crippen LogP contribution in [0, 0.1) is 0 Å². The molecule has 0 atom stereocenters. The maximum Gasteiger partial charge on any atom is 0.195 e. The van der Waals surface area contributed by atoms with Gasteiger partial charge < -0.3 is 9.47 Å². The van der Waals surface area contributed by atoms with Gasteiger partial charge in [-0.15, -0.1) is 11.3 Å². The lowest BCUT2D eigenvalue weighted by Crippen LogP contribution is -2.07. The van der Waals surface area contributed by atoms with Gasteiger partial charge in [-0.1, -0.05) is 18.2 Å². The predicted octanol–water partition coefficient (Wildman–Crippen LogP) is 4.83. The molecule has 0 saturated heterocycles. The van der Waals surface area contributed by atoms with Gasteiger partial charge in [0.05, 0.1) is 17.6 Å². The van der Waals surface area contributed by atoms with Gasteiger partial charge in [0.15, 0.2) is 17.3 Å². The van der Waals surface area contributed by atoms with Crippen LogP contribution in [0.1, 0.15) is 36.0 Å². The molecule has 0 aliphatic heterocycles. The second kappa shape index (κ2) is 7.80. The molecule has 0 radical (unpaired) electrons. The molecule has 1 aromatic carbocycles. The summed E-state index contributed by atoms with van der Waals surface area (Å²) in [7, 11) is 0. The summed E-state index contributed by atoms with van der Waals surface area (Å²) < 4.78 is 11.3. The van der Waals surface area contributed by atoms with Crippen molar-refractivity contribution in [1.29, 1.82) is 0 Å². The number of hydrogen-bond donors (Lipinski definition) is 0. The summed E-state index contributed by atoms with van der Waals surface area (Å²) in [5.74, 6) is 1.43. The van der Waals surface area contributed by atoms with E-state index in [1.165, 1.54) is 11.3 Å². The molecule has 0 aliphatic carbocycles. The van der Waals surface area contributed by atoms with Crippen molar-refractivity contribution in [2.45, 2.75) is 26.9 Å². The zero-order chi connectivity index (χ0) is 15.9. The third kappa shape index (κ3) is 4.46. The van der Waals surface area contributed by atoms with E-state index in [4.69, 9.17) is 9.47 Å². The third-order valence-electron chi connectivity index (χ3n) is 2.82. The Morgan fingerprint density at radius 3 is 2.73 bits per heavy atom. The first-order valence-electron chi connectivity index (χ1n) is 7.29. The molecule has 116 valence electrons. The first-order valence-corrected chi connectivity index (χ1v) is 8.17. The fourth-order valence-electron chi connectivity index (χ4n) is 1.92. The number of carbonyl (C=O) groups excluding carboxylic acids is 1. The largest absolute Gasteiger partial charge is 0.490 e. The molecule has 0 unspecified atom stereocenters. The Kier molecular flexibility index (Phi) is 5.78. The molecule has 0 fully saturated rings. The van der Waals surface area contributed by atoms with Crippen molar-refractivity contribution in [2.75, 3.05) is 6.61 Å². The van der Waals surface area contributed by atoms with Gasteiger partial charge in [-0.2, -0.15) is 0 Å². The van der Waals surface area contributed by atoms with E-state index in [2.05, 4.69) is 0 Å². The Balaban J connectivity index is 2.17. The highest BCUT2D eigenvalue weighted by atomic mass is 32.1. The zero-order valence-corrected chi connectivity index (χ0v) is 13.9. The van der Waals surface area contributed by atoms with Crippen molar-refractivity contribution < 1.29 is 14.3 Å². The van der Waals surface area contributed by atoms with Gasteiger partial charge >= 0.3 is 0 Å². The van der Waals surface area contributed by atoms with Crippen molar-refractivity contribution in [3.8, 4) is 11.5 Å². The lowest BCUT2D eigenvalue weighted by Gasteiger charge is -2.14. The second-order valence-electron chi connectivity index (χ2n) is 4.98. The smallest absolute Gasteiger partial charge is 0.195 e. The summed E-state index contributed by atoms with van der Waals surface area (Å²) >= 11 is 1.44. The lowest BCUT2D eigenvalue weighted by atomic mass is 10.1. The zero-order valence-electron chi connectivity index (χ0n) is 13.0. The molecular formula is C18H20O3S. The van der Waals surface area contributed by atoms with Crippen LogP contribution in [0.15, 0.2) is 41.8 Å². The molecular weight excluding hydrogens is 296 g/mol. The monoisotopic (exact) mass is 316 g/mol. The molecule has 1 aromatic heterocycles. The van der Waals surface area contributed by atoms with Crippen LogP contribution >= 0.6 is 11.3 Å². The van der Waals surface area contributed by atoms with Crippen molar-refractivity contribution in [1.82, 2.24) is 0 Å². The molecule has 0 amide bonds. The standard InChI is InChI=1S/C18H20O3S/c1-4-20-17-12-14(8-10-16(17)21-13(2)3)7-9-15(19)18-6-5-11-22-18/h5-13H,4H2,1-3H3/b9-7+. The van der Waals surface area contributed by atoms with E-state index in [1.807, 2.05) is 56.5 Å². The Bertz CT molecular complexity index is 642. The van der Waals surface area contributed by atoms with E-state index < -0.39 is 0 Å². The maximum atomic E-state index is 12.0. The highest BCUT2D eigenvalue weighted by molar-refractivity contribution is 7.12. The molecule has 2 aromatic rings. The van der Waals surface area contributed by atoms with Gasteiger partial charge in [0.25, 0.3) is 0 Å². The maximum absolute atomic E-state index is 12.0. The summed E-state index contributed by atoms with van der Waals surface area (Å²) in [5, 5.41) is 1.90. The number of carbonyl (C=O) groups is 1. The first-order chi connectivity index (χ1) is 10.6. The average Bonchev–Trinajstić information content (AvgIpc) is 3.01. The predicted molar refractivity (Wildman–Crippen MR) is 91.1 cm³/mol. The minimum absolute atomic E-state index is 0.00969. The molecule has 2 rings (SSSR count). The van der Waals surface area contributed by atoms with Crippen LogP contribution in [-0.4, -0.2) is 18.5 Å². The molecule has 0 bridgehead atoms. The molecule has 4 heteroatoms. The Labute approximate surface area is 135 Å². The molecule has 3 nitrogen and oxygen atoms in total. The van der Waals surface area contributed by atoms with Crippen LogP contribution in [0.25, 0.3) is 6.08 Å². The Morgan fingerprint density at radius 1 is 1.27 bits per heavy atom. The van der Waals surface area contributed by atoms with Crippen LogP contribution in [-0.2, 0) is 0 Å². The van der Waals surface area contributed by atoms with Gasteiger partial charge in [-0.3, -0.25) is 4.79 Å². The van der Waals surface area contributed by atoms with Crippen molar-refractivity contribution in [3.63, 3.8) is 0 Å². The molecule has 0 aliphatic rings. The second-order valence-corrected chi connectivity index (χ2v) is 5.93. The van der Waals surface area contributed by atoms with Gasteiger partial charge in [0.2, 0.25) is 0 Å². The highest BCUT2D eigenvalue weighted by Crippen LogP contribution is 2.30. The molecule has 22 heavy (non-hydrogen) atoms. The average molecular weight is 316 g/mol. The van der Waals surface area contributed by atoms with E-state index in [9.17, 15) is 4.79 Å². The SMILES string of the molecule is CCOc1cc(/C=C/C(=O)c2cccs2)ccc1OC(C)C. The van der Waals surface area contributed by atoms with Gasteiger partial charge in [0, 0.05) is 0 Å². The number of ether oxygens (including phenoxy) is 2. The lowest BCUT2D eigenvalue weighted by molar-refractivity contribution is 0.105. The van der Waals surface area contributed by atoms with Crippen LogP contribution in [0.2, 0.25) is 0 Å². The van der Waals surface area contributed by atoms with Crippen molar-refractivity contribution in [3.05, 3.63) is 52.2 Å². The van der Waals surface area contributed by atoms with Crippen LogP contribution in [0.5, 0.6) is 11.5 Å². The summed E-state index contributed by atoms with van der Waals surface area (Å²) in [6.45, 7) is 6.45.